The van der Waals surface area contributed by atoms with E-state index in [0.717, 1.165) is 12.3 Å². The number of allylic oxidation sites excluding steroid dienone is 2. The summed E-state index contributed by atoms with van der Waals surface area (Å²) in [5.74, 6) is 0.762. The van der Waals surface area contributed by atoms with Crippen LogP contribution in [-0.2, 0) is 0 Å². The third kappa shape index (κ3) is 1.55. The van der Waals surface area contributed by atoms with Crippen LogP contribution in [-0.4, -0.2) is 11.2 Å². The van der Waals surface area contributed by atoms with Gasteiger partial charge in [0.05, 0.1) is 6.10 Å². The fraction of sp³-hybridized carbons (Fsp3) is 0.867. The van der Waals surface area contributed by atoms with Crippen LogP contribution in [0.2, 0.25) is 0 Å². The van der Waals surface area contributed by atoms with Gasteiger partial charge < -0.3 is 5.11 Å². The number of fused-ring (bicyclic) bond motifs is 2. The quantitative estimate of drug-likeness (QED) is 0.718. The fourth-order valence-electron chi connectivity index (χ4n) is 4.15. The molecule has 0 aromatic heterocycles. The summed E-state index contributed by atoms with van der Waals surface area (Å²) in [6.07, 6.45) is 8.32. The lowest BCUT2D eigenvalue weighted by Gasteiger charge is -2.40. The normalized spacial score (nSPS) is 46.1. The van der Waals surface area contributed by atoms with E-state index in [1.165, 1.54) is 31.3 Å². The highest BCUT2D eigenvalue weighted by Gasteiger charge is 2.62. The molecule has 0 radical (unpaired) electrons. The predicted molar refractivity (Wildman–Crippen MR) is 68.2 cm³/mol. The second-order valence-corrected chi connectivity index (χ2v) is 6.64. The Hall–Kier alpha value is -0.300. The van der Waals surface area contributed by atoms with Crippen molar-refractivity contribution in [3.8, 4) is 0 Å². The molecule has 0 aromatic carbocycles. The van der Waals surface area contributed by atoms with Gasteiger partial charge in [0.25, 0.3) is 0 Å². The molecule has 0 amide bonds. The first-order valence-corrected chi connectivity index (χ1v) is 6.71. The zero-order chi connectivity index (χ0) is 12.0. The molecule has 0 aromatic rings. The van der Waals surface area contributed by atoms with E-state index >= 15 is 0 Å². The maximum Gasteiger partial charge on any atom is 0.0601 e. The highest BCUT2D eigenvalue weighted by atomic mass is 16.3. The summed E-state index contributed by atoms with van der Waals surface area (Å²) in [5, 5.41) is 10.2. The monoisotopic (exact) mass is 222 g/mol. The van der Waals surface area contributed by atoms with Crippen molar-refractivity contribution in [3.63, 3.8) is 0 Å². The number of rotatable bonds is 3. The van der Waals surface area contributed by atoms with Crippen LogP contribution in [0.5, 0.6) is 0 Å². The van der Waals surface area contributed by atoms with E-state index in [1.54, 1.807) is 0 Å². The van der Waals surface area contributed by atoms with Crippen molar-refractivity contribution < 1.29 is 5.11 Å². The molecule has 0 saturated heterocycles. The Labute approximate surface area is 99.9 Å². The van der Waals surface area contributed by atoms with Gasteiger partial charge in [0.15, 0.2) is 0 Å². The minimum atomic E-state index is -0.0528. The van der Waals surface area contributed by atoms with E-state index in [9.17, 15) is 5.11 Å². The van der Waals surface area contributed by atoms with E-state index in [-0.39, 0.29) is 11.5 Å². The minimum Gasteiger partial charge on any atom is -0.393 e. The van der Waals surface area contributed by atoms with Crippen molar-refractivity contribution in [2.75, 3.05) is 0 Å². The van der Waals surface area contributed by atoms with Crippen LogP contribution >= 0.6 is 0 Å². The summed E-state index contributed by atoms with van der Waals surface area (Å²) in [6, 6.07) is 0. The molecule has 4 atom stereocenters. The van der Waals surface area contributed by atoms with Crippen LogP contribution in [0.15, 0.2) is 11.6 Å². The molecule has 2 fully saturated rings. The van der Waals surface area contributed by atoms with Gasteiger partial charge in [0.2, 0.25) is 0 Å². The van der Waals surface area contributed by atoms with Gasteiger partial charge >= 0.3 is 0 Å². The Morgan fingerprint density at radius 3 is 2.50 bits per heavy atom. The van der Waals surface area contributed by atoms with Crippen LogP contribution in [0.25, 0.3) is 0 Å². The largest absolute Gasteiger partial charge is 0.393 e. The molecule has 1 N–H and O–H groups in total. The average Bonchev–Trinajstić information content (AvgIpc) is 2.52. The molecule has 16 heavy (non-hydrogen) atoms. The third-order valence-electron chi connectivity index (χ3n) is 5.68. The van der Waals surface area contributed by atoms with Crippen LogP contribution in [0, 0.1) is 16.7 Å². The Bertz CT molecular complexity index is 303. The van der Waals surface area contributed by atoms with Crippen molar-refractivity contribution in [1.29, 1.82) is 0 Å². The summed E-state index contributed by atoms with van der Waals surface area (Å²) in [4.78, 5) is 0. The summed E-state index contributed by atoms with van der Waals surface area (Å²) >= 11 is 0. The van der Waals surface area contributed by atoms with Gasteiger partial charge in [-0.25, -0.2) is 0 Å². The summed E-state index contributed by atoms with van der Waals surface area (Å²) in [7, 11) is 0. The molecule has 2 saturated carbocycles. The second kappa shape index (κ2) is 3.87. The van der Waals surface area contributed by atoms with Crippen LogP contribution < -0.4 is 0 Å². The van der Waals surface area contributed by atoms with Crippen molar-refractivity contribution in [2.45, 2.75) is 65.9 Å². The molecule has 2 aliphatic carbocycles. The van der Waals surface area contributed by atoms with E-state index in [4.69, 9.17) is 0 Å². The summed E-state index contributed by atoms with van der Waals surface area (Å²) in [5.41, 5.74) is 1.98. The predicted octanol–water partition coefficient (Wildman–Crippen LogP) is 3.92. The van der Waals surface area contributed by atoms with Gasteiger partial charge in [-0.3, -0.25) is 0 Å². The molecular weight excluding hydrogens is 196 g/mol. The number of hydrogen-bond donors (Lipinski definition) is 1. The molecule has 0 aliphatic heterocycles. The molecular formula is C15H26O. The van der Waals surface area contributed by atoms with Gasteiger partial charge in [-0.2, -0.15) is 0 Å². The SMILES string of the molecule is CC(C)=CCC[C@@]1(C)[C@@H]2CC[C@@]1(C)[C@@H](O)C2. The van der Waals surface area contributed by atoms with E-state index < -0.39 is 0 Å². The molecule has 0 spiro atoms. The molecule has 1 nitrogen and oxygen atoms in total. The first kappa shape index (κ1) is 12.2. The number of aliphatic hydroxyl groups excluding tert-OH is 1. The van der Waals surface area contributed by atoms with Crippen molar-refractivity contribution in [3.05, 3.63) is 11.6 Å². The first-order valence-electron chi connectivity index (χ1n) is 6.71. The lowest BCUT2D eigenvalue weighted by molar-refractivity contribution is 0.00200. The van der Waals surface area contributed by atoms with Crippen molar-refractivity contribution in [1.82, 2.24) is 0 Å². The van der Waals surface area contributed by atoms with E-state index in [1.807, 2.05) is 0 Å². The molecule has 0 heterocycles. The topological polar surface area (TPSA) is 20.2 Å². The van der Waals surface area contributed by atoms with Gasteiger partial charge in [-0.1, -0.05) is 25.5 Å². The smallest absolute Gasteiger partial charge is 0.0601 e. The molecule has 1 heteroatoms. The van der Waals surface area contributed by atoms with E-state index in [2.05, 4.69) is 33.8 Å². The van der Waals surface area contributed by atoms with Gasteiger partial charge in [0.1, 0.15) is 0 Å². The Balaban J connectivity index is 2.10. The number of hydrogen-bond acceptors (Lipinski definition) is 1. The Morgan fingerprint density at radius 2 is 2.06 bits per heavy atom. The molecule has 2 aliphatic rings. The minimum absolute atomic E-state index is 0.0528. The maximum atomic E-state index is 10.2. The fourth-order valence-corrected chi connectivity index (χ4v) is 4.15. The van der Waals surface area contributed by atoms with Crippen molar-refractivity contribution >= 4 is 0 Å². The Morgan fingerprint density at radius 1 is 1.38 bits per heavy atom. The lowest BCUT2D eigenvalue weighted by Crippen LogP contribution is -2.37. The zero-order valence-electron chi connectivity index (χ0n) is 11.2. The highest BCUT2D eigenvalue weighted by molar-refractivity contribution is 5.13. The molecule has 2 bridgehead atoms. The molecule has 2 rings (SSSR count). The summed E-state index contributed by atoms with van der Waals surface area (Å²) in [6.45, 7) is 9.07. The lowest BCUT2D eigenvalue weighted by atomic mass is 9.66. The van der Waals surface area contributed by atoms with Gasteiger partial charge in [0, 0.05) is 0 Å². The molecule has 0 unspecified atom stereocenters. The standard InChI is InChI=1S/C15H26O/c1-11(2)6-5-8-14(3)12-7-9-15(14,4)13(16)10-12/h6,12-13,16H,5,7-10H2,1-4H3/t12-,13+,14+,15+/m1/s1. The maximum absolute atomic E-state index is 10.2. The highest BCUT2D eigenvalue weighted by Crippen LogP contribution is 2.67. The summed E-state index contributed by atoms with van der Waals surface area (Å²) < 4.78 is 0. The van der Waals surface area contributed by atoms with Gasteiger partial charge in [-0.05, 0) is 62.7 Å². The second-order valence-electron chi connectivity index (χ2n) is 6.64. The van der Waals surface area contributed by atoms with Crippen LogP contribution in [0.1, 0.15) is 59.8 Å². The zero-order valence-corrected chi connectivity index (χ0v) is 11.2. The molecule has 92 valence electrons. The van der Waals surface area contributed by atoms with Crippen molar-refractivity contribution in [2.24, 2.45) is 16.7 Å². The van der Waals surface area contributed by atoms with E-state index in [0.29, 0.717) is 5.41 Å². The Kier molecular flexibility index (Phi) is 2.94. The third-order valence-corrected chi connectivity index (χ3v) is 5.68. The first-order chi connectivity index (χ1) is 7.40. The number of aliphatic hydroxyl groups is 1. The van der Waals surface area contributed by atoms with Crippen LogP contribution in [0.4, 0.5) is 0 Å². The average molecular weight is 222 g/mol. The van der Waals surface area contributed by atoms with Gasteiger partial charge in [-0.15, -0.1) is 0 Å². The van der Waals surface area contributed by atoms with Crippen LogP contribution in [0.3, 0.4) is 0 Å².